The Morgan fingerprint density at radius 3 is 2.72 bits per heavy atom. The van der Waals surface area contributed by atoms with Crippen LogP contribution in [0.15, 0.2) is 5.38 Å². The van der Waals surface area contributed by atoms with Crippen LogP contribution in [0.3, 0.4) is 0 Å². The lowest BCUT2D eigenvalue weighted by molar-refractivity contribution is 0.0362. The molecule has 2 unspecified atom stereocenters. The lowest BCUT2D eigenvalue weighted by Gasteiger charge is -2.36. The fourth-order valence-corrected chi connectivity index (χ4v) is 4.38. The Labute approximate surface area is 117 Å². The van der Waals surface area contributed by atoms with Crippen molar-refractivity contribution in [2.24, 2.45) is 0 Å². The van der Waals surface area contributed by atoms with E-state index in [-0.39, 0.29) is 6.10 Å². The highest BCUT2D eigenvalue weighted by Gasteiger charge is 2.39. The highest BCUT2D eigenvalue weighted by Crippen LogP contribution is 2.35. The zero-order valence-corrected chi connectivity index (χ0v) is 12.0. The molecule has 1 N–H and O–H groups in total. The summed E-state index contributed by atoms with van der Waals surface area (Å²) in [6.07, 6.45) is 5.38. The summed E-state index contributed by atoms with van der Waals surface area (Å²) in [5.74, 6) is 0.512. The van der Waals surface area contributed by atoms with Gasteiger partial charge in [-0.1, -0.05) is 0 Å². The van der Waals surface area contributed by atoms with Gasteiger partial charge < -0.3 is 5.11 Å². The number of aliphatic hydroxyl groups is 1. The Balaban J connectivity index is 1.57. The molecule has 5 heteroatoms. The SMILES string of the molecule is OC1CC2CCC(C1)N2CCc1nc(CCl)cs1. The lowest BCUT2D eigenvalue weighted by Crippen LogP contribution is -2.45. The van der Waals surface area contributed by atoms with E-state index < -0.39 is 0 Å². The van der Waals surface area contributed by atoms with E-state index in [2.05, 4.69) is 15.3 Å². The molecule has 18 heavy (non-hydrogen) atoms. The van der Waals surface area contributed by atoms with Gasteiger partial charge in [-0.05, 0) is 25.7 Å². The molecule has 2 atom stereocenters. The number of piperidine rings is 1. The van der Waals surface area contributed by atoms with Gasteiger partial charge in [-0.15, -0.1) is 22.9 Å². The van der Waals surface area contributed by atoms with Gasteiger partial charge in [-0.2, -0.15) is 0 Å². The molecule has 0 spiro atoms. The summed E-state index contributed by atoms with van der Waals surface area (Å²) in [5.41, 5.74) is 0.994. The predicted octanol–water partition coefficient (Wildman–Crippen LogP) is 2.41. The highest BCUT2D eigenvalue weighted by atomic mass is 35.5. The molecule has 2 aliphatic heterocycles. The molecule has 1 aromatic rings. The van der Waals surface area contributed by atoms with Gasteiger partial charge in [0, 0.05) is 30.4 Å². The number of hydrogen-bond acceptors (Lipinski definition) is 4. The lowest BCUT2D eigenvalue weighted by atomic mass is 10.00. The molecule has 2 aliphatic rings. The maximum Gasteiger partial charge on any atom is 0.0941 e. The zero-order chi connectivity index (χ0) is 12.5. The molecule has 0 aliphatic carbocycles. The summed E-state index contributed by atoms with van der Waals surface area (Å²) in [6.45, 7) is 1.08. The molecule has 3 nitrogen and oxygen atoms in total. The van der Waals surface area contributed by atoms with Crippen LogP contribution in [0.2, 0.25) is 0 Å². The quantitative estimate of drug-likeness (QED) is 0.864. The number of aliphatic hydroxyl groups excluding tert-OH is 1. The monoisotopic (exact) mass is 286 g/mol. The van der Waals surface area contributed by atoms with Gasteiger partial charge in [-0.25, -0.2) is 4.98 Å². The standard InChI is InChI=1S/C13H19ClN2OS/c14-7-9-8-18-13(15-9)3-4-16-10-1-2-11(16)6-12(17)5-10/h8,10-12,17H,1-7H2. The second kappa shape index (κ2) is 5.45. The molecular weight excluding hydrogens is 268 g/mol. The predicted molar refractivity (Wildman–Crippen MR) is 74.1 cm³/mol. The van der Waals surface area contributed by atoms with Crippen molar-refractivity contribution in [3.63, 3.8) is 0 Å². The smallest absolute Gasteiger partial charge is 0.0941 e. The molecule has 1 aromatic heterocycles. The normalized spacial score (nSPS) is 32.0. The Morgan fingerprint density at radius 1 is 1.39 bits per heavy atom. The van der Waals surface area contributed by atoms with Crippen molar-refractivity contribution < 1.29 is 5.11 Å². The fourth-order valence-electron chi connectivity index (χ4n) is 3.36. The maximum absolute atomic E-state index is 9.78. The summed E-state index contributed by atoms with van der Waals surface area (Å²) in [4.78, 5) is 7.10. The largest absolute Gasteiger partial charge is 0.393 e. The summed E-state index contributed by atoms with van der Waals surface area (Å²) in [5, 5.41) is 13.0. The first kappa shape index (κ1) is 12.9. The van der Waals surface area contributed by atoms with Crippen LogP contribution < -0.4 is 0 Å². The van der Waals surface area contributed by atoms with Crippen LogP contribution in [0.4, 0.5) is 0 Å². The van der Waals surface area contributed by atoms with Crippen molar-refractivity contribution >= 4 is 22.9 Å². The summed E-state index contributed by atoms with van der Waals surface area (Å²) >= 11 is 7.48. The van der Waals surface area contributed by atoms with Crippen LogP contribution in [0.5, 0.6) is 0 Å². The topological polar surface area (TPSA) is 36.4 Å². The van der Waals surface area contributed by atoms with Gasteiger partial charge in [0.15, 0.2) is 0 Å². The second-order valence-corrected chi connectivity index (χ2v) is 6.57. The number of alkyl halides is 1. The van der Waals surface area contributed by atoms with E-state index in [1.807, 2.05) is 0 Å². The molecule has 0 aromatic carbocycles. The molecule has 2 saturated heterocycles. The van der Waals surface area contributed by atoms with Crippen molar-refractivity contribution in [2.75, 3.05) is 6.54 Å². The van der Waals surface area contributed by atoms with Crippen molar-refractivity contribution in [1.29, 1.82) is 0 Å². The molecule has 100 valence electrons. The molecule has 3 rings (SSSR count). The van der Waals surface area contributed by atoms with Gasteiger partial charge in [0.2, 0.25) is 0 Å². The Morgan fingerprint density at radius 2 is 2.11 bits per heavy atom. The molecule has 0 saturated carbocycles. The van der Waals surface area contributed by atoms with Gasteiger partial charge in [-0.3, -0.25) is 4.90 Å². The molecular formula is C13H19ClN2OS. The molecule has 2 fully saturated rings. The number of thiazole rings is 1. The second-order valence-electron chi connectivity index (χ2n) is 5.36. The molecule has 3 heterocycles. The first-order chi connectivity index (χ1) is 8.76. The van der Waals surface area contributed by atoms with Gasteiger partial charge in [0.05, 0.1) is 22.7 Å². The average Bonchev–Trinajstić information content (AvgIpc) is 2.90. The number of rotatable bonds is 4. The minimum atomic E-state index is -0.0681. The van der Waals surface area contributed by atoms with Gasteiger partial charge >= 0.3 is 0 Å². The third-order valence-electron chi connectivity index (χ3n) is 4.18. The Kier molecular flexibility index (Phi) is 3.89. The fraction of sp³-hybridized carbons (Fsp3) is 0.769. The average molecular weight is 287 g/mol. The molecule has 0 radical (unpaired) electrons. The number of fused-ring (bicyclic) bond motifs is 2. The van der Waals surface area contributed by atoms with E-state index in [1.165, 1.54) is 17.8 Å². The van der Waals surface area contributed by atoms with E-state index >= 15 is 0 Å². The van der Waals surface area contributed by atoms with Crippen LogP contribution in [0, 0.1) is 0 Å². The summed E-state index contributed by atoms with van der Waals surface area (Å²) < 4.78 is 0. The van der Waals surface area contributed by atoms with Crippen molar-refractivity contribution in [2.45, 2.75) is 56.2 Å². The number of hydrogen-bond donors (Lipinski definition) is 1. The third-order valence-corrected chi connectivity index (χ3v) is 5.41. The van der Waals surface area contributed by atoms with Gasteiger partial charge in [0.25, 0.3) is 0 Å². The van der Waals surface area contributed by atoms with E-state index in [4.69, 9.17) is 11.6 Å². The van der Waals surface area contributed by atoms with Crippen LogP contribution >= 0.6 is 22.9 Å². The van der Waals surface area contributed by atoms with Gasteiger partial charge in [0.1, 0.15) is 0 Å². The van der Waals surface area contributed by atoms with Crippen LogP contribution in [-0.2, 0) is 12.3 Å². The summed E-state index contributed by atoms with van der Waals surface area (Å²) in [7, 11) is 0. The van der Waals surface area contributed by atoms with E-state index in [0.29, 0.717) is 18.0 Å². The highest BCUT2D eigenvalue weighted by molar-refractivity contribution is 7.09. The number of aromatic nitrogens is 1. The first-order valence-corrected chi connectivity index (χ1v) is 8.10. The van der Waals surface area contributed by atoms with Crippen molar-refractivity contribution in [1.82, 2.24) is 9.88 Å². The minimum absolute atomic E-state index is 0.0681. The maximum atomic E-state index is 9.78. The van der Waals surface area contributed by atoms with Crippen molar-refractivity contribution in [3.05, 3.63) is 16.1 Å². The molecule has 0 amide bonds. The summed E-state index contributed by atoms with van der Waals surface area (Å²) in [6, 6.07) is 1.21. The van der Waals surface area contributed by atoms with Crippen LogP contribution in [0.25, 0.3) is 0 Å². The minimum Gasteiger partial charge on any atom is -0.393 e. The Bertz CT molecular complexity index is 397. The first-order valence-electron chi connectivity index (χ1n) is 6.69. The van der Waals surface area contributed by atoms with Crippen LogP contribution in [0.1, 0.15) is 36.4 Å². The van der Waals surface area contributed by atoms with E-state index in [0.717, 1.165) is 31.5 Å². The van der Waals surface area contributed by atoms with Crippen molar-refractivity contribution in [3.8, 4) is 0 Å². The number of halogens is 1. The van der Waals surface area contributed by atoms with Crippen LogP contribution in [-0.4, -0.2) is 39.7 Å². The third kappa shape index (κ3) is 2.57. The molecule has 2 bridgehead atoms. The Hall–Kier alpha value is -0.160. The number of nitrogens with zero attached hydrogens (tertiary/aromatic N) is 2. The van der Waals surface area contributed by atoms with E-state index in [9.17, 15) is 5.11 Å². The zero-order valence-electron chi connectivity index (χ0n) is 10.4. The van der Waals surface area contributed by atoms with E-state index in [1.54, 1.807) is 11.3 Å².